The third-order valence-corrected chi connectivity index (χ3v) is 2.25. The van der Waals surface area contributed by atoms with Gasteiger partial charge in [0.15, 0.2) is 0 Å². The maximum Gasteiger partial charge on any atom is 0.246 e. The van der Waals surface area contributed by atoms with E-state index in [1.54, 1.807) is 6.08 Å². The number of rotatable bonds is 1. The average molecular weight is 152 g/mol. The van der Waals surface area contributed by atoms with Gasteiger partial charge in [0.25, 0.3) is 0 Å². The molecule has 1 fully saturated rings. The molecule has 0 aromatic rings. The highest BCUT2D eigenvalue weighted by atomic mass is 16.1. The molecule has 2 aliphatic heterocycles. The Morgan fingerprint density at radius 3 is 2.64 bits per heavy atom. The van der Waals surface area contributed by atoms with Crippen LogP contribution in [0.5, 0.6) is 0 Å². The van der Waals surface area contributed by atoms with Gasteiger partial charge in [0.05, 0.1) is 6.54 Å². The van der Waals surface area contributed by atoms with Crippen LogP contribution in [0.15, 0.2) is 11.8 Å². The molecule has 0 saturated carbocycles. The Morgan fingerprint density at radius 1 is 1.36 bits per heavy atom. The molecular formula is C8H12N2O. The minimum absolute atomic E-state index is 0.0619. The zero-order valence-electron chi connectivity index (χ0n) is 6.47. The summed E-state index contributed by atoms with van der Waals surface area (Å²) in [6.07, 6.45) is 4.25. The monoisotopic (exact) mass is 152 g/mol. The Hall–Kier alpha value is -0.990. The van der Waals surface area contributed by atoms with Gasteiger partial charge in [-0.05, 0) is 12.8 Å². The van der Waals surface area contributed by atoms with E-state index >= 15 is 0 Å². The van der Waals surface area contributed by atoms with Crippen LogP contribution in [0, 0.1) is 0 Å². The first-order chi connectivity index (χ1) is 5.36. The van der Waals surface area contributed by atoms with E-state index in [0.29, 0.717) is 0 Å². The second-order valence-electron chi connectivity index (χ2n) is 3.05. The largest absolute Gasteiger partial charge is 0.373 e. The molecule has 2 heterocycles. The molecule has 3 heteroatoms. The lowest BCUT2D eigenvalue weighted by Gasteiger charge is -2.17. The van der Waals surface area contributed by atoms with Crippen LogP contribution in [0.4, 0.5) is 0 Å². The third kappa shape index (κ3) is 1.23. The molecule has 11 heavy (non-hydrogen) atoms. The maximum atomic E-state index is 10.8. The van der Waals surface area contributed by atoms with Crippen LogP contribution in [0.1, 0.15) is 12.8 Å². The number of hydrogen-bond donors (Lipinski definition) is 1. The van der Waals surface area contributed by atoms with Crippen molar-refractivity contribution < 1.29 is 4.79 Å². The van der Waals surface area contributed by atoms with Crippen LogP contribution in [0.2, 0.25) is 0 Å². The van der Waals surface area contributed by atoms with Crippen molar-refractivity contribution in [1.82, 2.24) is 10.2 Å². The smallest absolute Gasteiger partial charge is 0.246 e. The first kappa shape index (κ1) is 6.70. The van der Waals surface area contributed by atoms with Crippen molar-refractivity contribution in [2.24, 2.45) is 0 Å². The van der Waals surface area contributed by atoms with Crippen molar-refractivity contribution >= 4 is 5.91 Å². The molecule has 0 unspecified atom stereocenters. The fraction of sp³-hybridized carbons (Fsp3) is 0.625. The Kier molecular flexibility index (Phi) is 1.56. The molecule has 3 nitrogen and oxygen atoms in total. The van der Waals surface area contributed by atoms with Gasteiger partial charge in [-0.2, -0.15) is 0 Å². The van der Waals surface area contributed by atoms with E-state index in [2.05, 4.69) is 10.2 Å². The van der Waals surface area contributed by atoms with Gasteiger partial charge in [-0.15, -0.1) is 0 Å². The Morgan fingerprint density at radius 2 is 2.09 bits per heavy atom. The number of carbonyl (C=O) groups is 1. The first-order valence-corrected chi connectivity index (χ1v) is 4.09. The maximum absolute atomic E-state index is 10.8. The highest BCUT2D eigenvalue weighted by molar-refractivity contribution is 5.90. The van der Waals surface area contributed by atoms with E-state index in [1.165, 1.54) is 18.5 Å². The van der Waals surface area contributed by atoms with E-state index in [-0.39, 0.29) is 5.91 Å². The van der Waals surface area contributed by atoms with E-state index < -0.39 is 0 Å². The summed E-state index contributed by atoms with van der Waals surface area (Å²) in [5, 5.41) is 2.77. The van der Waals surface area contributed by atoms with Crippen LogP contribution in [0.25, 0.3) is 0 Å². The standard InChI is InChI=1S/C8H12N2O/c11-8-5-7(6-9-8)10-3-1-2-4-10/h5H,1-4,6H2,(H,9,11). The Labute approximate surface area is 66.1 Å². The van der Waals surface area contributed by atoms with E-state index in [1.807, 2.05) is 0 Å². The summed E-state index contributed by atoms with van der Waals surface area (Å²) in [7, 11) is 0. The molecule has 0 radical (unpaired) electrons. The molecular weight excluding hydrogens is 140 g/mol. The summed E-state index contributed by atoms with van der Waals surface area (Å²) in [6.45, 7) is 2.99. The molecule has 0 aromatic carbocycles. The molecule has 0 spiro atoms. The van der Waals surface area contributed by atoms with Gasteiger partial charge in [-0.1, -0.05) is 0 Å². The lowest BCUT2D eigenvalue weighted by Crippen LogP contribution is -2.23. The van der Waals surface area contributed by atoms with Crippen molar-refractivity contribution in [3.8, 4) is 0 Å². The number of nitrogens with zero attached hydrogens (tertiary/aromatic N) is 1. The lowest BCUT2D eigenvalue weighted by molar-refractivity contribution is -0.115. The summed E-state index contributed by atoms with van der Waals surface area (Å²) < 4.78 is 0. The SMILES string of the molecule is O=C1C=C(N2CCCC2)CN1. The highest BCUT2D eigenvalue weighted by Gasteiger charge is 2.19. The number of likely N-dealkylation sites (tertiary alicyclic amines) is 1. The second-order valence-corrected chi connectivity index (χ2v) is 3.05. The van der Waals surface area contributed by atoms with Crippen LogP contribution in [0.3, 0.4) is 0 Å². The summed E-state index contributed by atoms with van der Waals surface area (Å²) in [4.78, 5) is 13.1. The topological polar surface area (TPSA) is 32.3 Å². The minimum atomic E-state index is 0.0619. The second kappa shape index (κ2) is 2.57. The fourth-order valence-electron chi connectivity index (χ4n) is 1.64. The number of carbonyl (C=O) groups excluding carboxylic acids is 1. The summed E-state index contributed by atoms with van der Waals surface area (Å²) in [6, 6.07) is 0. The van der Waals surface area contributed by atoms with Crippen LogP contribution in [-0.4, -0.2) is 30.4 Å². The normalized spacial score (nSPS) is 23.8. The van der Waals surface area contributed by atoms with E-state index in [9.17, 15) is 4.79 Å². The molecule has 2 aliphatic rings. The molecule has 0 aromatic heterocycles. The van der Waals surface area contributed by atoms with Crippen molar-refractivity contribution in [1.29, 1.82) is 0 Å². The van der Waals surface area contributed by atoms with E-state index in [4.69, 9.17) is 0 Å². The van der Waals surface area contributed by atoms with Crippen molar-refractivity contribution in [2.45, 2.75) is 12.8 Å². The molecule has 0 bridgehead atoms. The lowest BCUT2D eigenvalue weighted by atomic mass is 10.4. The van der Waals surface area contributed by atoms with Crippen LogP contribution < -0.4 is 5.32 Å². The Bertz CT molecular complexity index is 204. The molecule has 1 saturated heterocycles. The Balaban J connectivity index is 2.04. The van der Waals surface area contributed by atoms with Gasteiger partial charge in [0, 0.05) is 24.9 Å². The molecule has 1 N–H and O–H groups in total. The number of hydrogen-bond acceptors (Lipinski definition) is 2. The molecule has 1 amide bonds. The molecule has 60 valence electrons. The van der Waals surface area contributed by atoms with Gasteiger partial charge in [-0.25, -0.2) is 0 Å². The summed E-state index contributed by atoms with van der Waals surface area (Å²) in [5.74, 6) is 0.0619. The van der Waals surface area contributed by atoms with Gasteiger partial charge < -0.3 is 10.2 Å². The number of amides is 1. The predicted molar refractivity (Wildman–Crippen MR) is 41.9 cm³/mol. The molecule has 0 aliphatic carbocycles. The average Bonchev–Trinajstić information content (AvgIpc) is 2.55. The highest BCUT2D eigenvalue weighted by Crippen LogP contribution is 2.15. The third-order valence-electron chi connectivity index (χ3n) is 2.25. The van der Waals surface area contributed by atoms with Gasteiger partial charge in [-0.3, -0.25) is 4.79 Å². The molecule has 2 rings (SSSR count). The van der Waals surface area contributed by atoms with Crippen molar-refractivity contribution in [2.75, 3.05) is 19.6 Å². The quantitative estimate of drug-likeness (QED) is 0.577. The fourth-order valence-corrected chi connectivity index (χ4v) is 1.64. The zero-order valence-corrected chi connectivity index (χ0v) is 6.47. The summed E-state index contributed by atoms with van der Waals surface area (Å²) in [5.41, 5.74) is 1.17. The minimum Gasteiger partial charge on any atom is -0.373 e. The molecule has 0 atom stereocenters. The van der Waals surface area contributed by atoms with Crippen molar-refractivity contribution in [3.63, 3.8) is 0 Å². The van der Waals surface area contributed by atoms with Crippen LogP contribution >= 0.6 is 0 Å². The van der Waals surface area contributed by atoms with Crippen LogP contribution in [-0.2, 0) is 4.79 Å². The first-order valence-electron chi connectivity index (χ1n) is 4.09. The van der Waals surface area contributed by atoms with Gasteiger partial charge in [0.2, 0.25) is 5.91 Å². The summed E-state index contributed by atoms with van der Waals surface area (Å²) >= 11 is 0. The predicted octanol–water partition coefficient (Wildman–Crippen LogP) is 0.0959. The van der Waals surface area contributed by atoms with Crippen molar-refractivity contribution in [3.05, 3.63) is 11.8 Å². The zero-order chi connectivity index (χ0) is 7.68. The number of nitrogens with one attached hydrogen (secondary N) is 1. The van der Waals surface area contributed by atoms with Gasteiger partial charge >= 0.3 is 0 Å². The van der Waals surface area contributed by atoms with E-state index in [0.717, 1.165) is 19.6 Å². The van der Waals surface area contributed by atoms with Gasteiger partial charge in [0.1, 0.15) is 0 Å².